The van der Waals surface area contributed by atoms with Gasteiger partial charge in [0.05, 0.1) is 22.5 Å². The van der Waals surface area contributed by atoms with Crippen molar-refractivity contribution in [1.82, 2.24) is 19.9 Å². The van der Waals surface area contributed by atoms with Gasteiger partial charge in [-0.2, -0.15) is 0 Å². The molecule has 0 spiro atoms. The molecule has 0 radical (unpaired) electrons. The van der Waals surface area contributed by atoms with Gasteiger partial charge in [0.25, 0.3) is 5.79 Å². The van der Waals surface area contributed by atoms with Crippen molar-refractivity contribution in [3.05, 3.63) is 163 Å². The maximum Gasteiger partial charge on any atom is 0.259 e. The van der Waals surface area contributed by atoms with Gasteiger partial charge in [-0.05, 0) is 46.5 Å². The Morgan fingerprint density at radius 3 is 1.29 bits per heavy atom. The normalized spacial score (nSPS) is 18.0. The van der Waals surface area contributed by atoms with Crippen molar-refractivity contribution in [1.29, 1.82) is 0 Å². The number of aliphatic hydroxyl groups excluding tert-OH is 2. The maximum atomic E-state index is 12.0. The molecule has 0 saturated heterocycles. The van der Waals surface area contributed by atoms with Gasteiger partial charge in [0.2, 0.25) is 5.88 Å². The summed E-state index contributed by atoms with van der Waals surface area (Å²) in [5.41, 5.74) is 10.6. The molecule has 7 aromatic rings. The standard InChI is InChI=1S/C47H40N4O4/c1-28(2)47(54-3)45-39(31-20-12-6-13-21-31)35-26-24-33(48-35)37(29-16-8-4-9-17-29)41-43(52)44(53)42(50-41)38(30-18-10-5-11-19-30)34-25-27-36(49-34)40(46(51-45)55-47)32-22-14-7-15-23-32/h4-28,43-44,48-49,52-53H,1-3H3. The highest BCUT2D eigenvalue weighted by Crippen LogP contribution is 2.49. The summed E-state index contributed by atoms with van der Waals surface area (Å²) in [6, 6.07) is 47.8. The molecule has 8 nitrogen and oxygen atoms in total. The van der Waals surface area contributed by atoms with E-state index in [2.05, 4.69) is 35.9 Å². The number of nitrogens with one attached hydrogen (secondary N) is 2. The first-order valence-electron chi connectivity index (χ1n) is 18.5. The summed E-state index contributed by atoms with van der Waals surface area (Å²) in [6.07, 6.45) is -2.62. The molecule has 5 heterocycles. The van der Waals surface area contributed by atoms with Crippen LogP contribution < -0.4 is 4.74 Å². The minimum atomic E-state index is -1.31. The van der Waals surface area contributed by atoms with Crippen LogP contribution in [0.2, 0.25) is 0 Å². The van der Waals surface area contributed by atoms with Crippen LogP contribution in [0.1, 0.15) is 43.1 Å². The summed E-state index contributed by atoms with van der Waals surface area (Å²) in [5, 5.41) is 23.9. The number of aliphatic hydroxyl groups is 2. The lowest BCUT2D eigenvalue weighted by molar-refractivity contribution is -0.194. The SMILES string of the molecule is COC1(C(C)C)Oc2nc1c(-c1ccccc1)c1ccc([nH]1)c(-c1ccccc1)c1nc(c(-c3ccccc3)c3ccc([nH]3)c2-c2ccccc2)C(O)C1O. The molecule has 8 heteroatoms. The van der Waals surface area contributed by atoms with E-state index in [1.54, 1.807) is 7.11 Å². The topological polar surface area (TPSA) is 116 Å². The third kappa shape index (κ3) is 5.74. The molecular formula is C47H40N4O4. The van der Waals surface area contributed by atoms with E-state index in [1.807, 2.05) is 133 Å². The molecule has 0 fully saturated rings. The van der Waals surface area contributed by atoms with Gasteiger partial charge in [-0.1, -0.05) is 135 Å². The lowest BCUT2D eigenvalue weighted by Gasteiger charge is -2.32. The second-order valence-corrected chi connectivity index (χ2v) is 14.2. The number of methoxy groups -OCH3 is 1. The van der Waals surface area contributed by atoms with Crippen molar-refractivity contribution in [2.75, 3.05) is 7.11 Å². The zero-order valence-corrected chi connectivity index (χ0v) is 30.7. The Kier molecular flexibility index (Phi) is 8.66. The Bertz CT molecular complexity index is 2680. The average molecular weight is 725 g/mol. The van der Waals surface area contributed by atoms with Crippen molar-refractivity contribution in [2.24, 2.45) is 5.92 Å². The Balaban J connectivity index is 1.55. The molecule has 0 aliphatic carbocycles. The van der Waals surface area contributed by atoms with Crippen molar-refractivity contribution in [3.63, 3.8) is 0 Å². The van der Waals surface area contributed by atoms with Crippen LogP contribution in [0.25, 0.3) is 66.6 Å². The lowest BCUT2D eigenvalue weighted by atomic mass is 9.92. The largest absolute Gasteiger partial charge is 0.438 e. The van der Waals surface area contributed by atoms with Gasteiger partial charge in [-0.15, -0.1) is 0 Å². The van der Waals surface area contributed by atoms with Gasteiger partial charge in [0, 0.05) is 46.3 Å². The van der Waals surface area contributed by atoms with Crippen LogP contribution in [0.3, 0.4) is 0 Å². The second kappa shape index (κ2) is 13.8. The van der Waals surface area contributed by atoms with Gasteiger partial charge in [-0.3, -0.25) is 4.98 Å². The second-order valence-electron chi connectivity index (χ2n) is 14.2. The Labute approximate surface area is 318 Å². The first-order chi connectivity index (χ1) is 26.9. The van der Waals surface area contributed by atoms with Crippen molar-refractivity contribution in [3.8, 4) is 50.4 Å². The van der Waals surface area contributed by atoms with Crippen LogP contribution in [0.15, 0.2) is 146 Å². The van der Waals surface area contributed by atoms with E-state index >= 15 is 0 Å². The summed E-state index contributed by atoms with van der Waals surface area (Å²) in [5.74, 6) is -1.02. The van der Waals surface area contributed by atoms with E-state index in [4.69, 9.17) is 19.4 Å². The van der Waals surface area contributed by atoms with Gasteiger partial charge in [0.1, 0.15) is 17.9 Å². The number of fused-ring (bicyclic) bond motifs is 8. The molecule has 9 rings (SSSR count). The molecule has 3 aromatic heterocycles. The molecule has 2 aliphatic rings. The fourth-order valence-electron chi connectivity index (χ4n) is 7.95. The molecule has 3 unspecified atom stereocenters. The number of ether oxygens (including phenoxy) is 2. The van der Waals surface area contributed by atoms with E-state index in [0.29, 0.717) is 45.1 Å². The number of H-pyrrole nitrogens is 2. The maximum absolute atomic E-state index is 12.0. The fraction of sp³-hybridized carbons (Fsp3) is 0.149. The average Bonchev–Trinajstić information content (AvgIpc) is 4.03. The number of hydrogen-bond acceptors (Lipinski definition) is 6. The Morgan fingerprint density at radius 1 is 0.527 bits per heavy atom. The number of benzene rings is 4. The minimum absolute atomic E-state index is 0.164. The molecule has 0 saturated carbocycles. The molecule has 8 bridgehead atoms. The van der Waals surface area contributed by atoms with Crippen LogP contribution in [0, 0.1) is 5.92 Å². The fourth-order valence-corrected chi connectivity index (χ4v) is 7.95. The van der Waals surface area contributed by atoms with Gasteiger partial charge in [-0.25, -0.2) is 4.98 Å². The zero-order chi connectivity index (χ0) is 37.7. The summed E-state index contributed by atoms with van der Waals surface area (Å²) < 4.78 is 13.5. The molecular weight excluding hydrogens is 685 g/mol. The van der Waals surface area contributed by atoms with Crippen molar-refractivity contribution < 1.29 is 19.7 Å². The monoisotopic (exact) mass is 724 g/mol. The van der Waals surface area contributed by atoms with Crippen LogP contribution >= 0.6 is 0 Å². The molecule has 272 valence electrons. The number of aromatic amines is 2. The summed E-state index contributed by atoms with van der Waals surface area (Å²) in [6.45, 7) is 4.15. The van der Waals surface area contributed by atoms with E-state index in [-0.39, 0.29) is 5.92 Å². The molecule has 2 aliphatic heterocycles. The Morgan fingerprint density at radius 2 is 0.891 bits per heavy atom. The number of rotatable bonds is 6. The summed E-state index contributed by atoms with van der Waals surface area (Å²) >= 11 is 0. The van der Waals surface area contributed by atoms with Crippen LogP contribution in [0.5, 0.6) is 5.88 Å². The highest BCUT2D eigenvalue weighted by Gasteiger charge is 2.47. The van der Waals surface area contributed by atoms with Gasteiger partial charge < -0.3 is 29.7 Å². The number of nitrogens with zero attached hydrogens (tertiary/aromatic N) is 2. The van der Waals surface area contributed by atoms with Crippen LogP contribution in [-0.4, -0.2) is 37.3 Å². The third-order valence-corrected chi connectivity index (χ3v) is 10.6. The lowest BCUT2D eigenvalue weighted by Crippen LogP contribution is -2.38. The van der Waals surface area contributed by atoms with Gasteiger partial charge in [0.15, 0.2) is 0 Å². The molecule has 0 amide bonds. The Hall–Kier alpha value is -6.32. The minimum Gasteiger partial charge on any atom is -0.438 e. The predicted molar refractivity (Wildman–Crippen MR) is 217 cm³/mol. The molecule has 4 N–H and O–H groups in total. The predicted octanol–water partition coefficient (Wildman–Crippen LogP) is 10.3. The third-order valence-electron chi connectivity index (χ3n) is 10.6. The van der Waals surface area contributed by atoms with E-state index in [0.717, 1.165) is 44.4 Å². The van der Waals surface area contributed by atoms with Crippen molar-refractivity contribution in [2.45, 2.75) is 31.8 Å². The molecule has 4 aromatic carbocycles. The highest BCUT2D eigenvalue weighted by molar-refractivity contribution is 5.93. The number of hydrogen-bond donors (Lipinski definition) is 4. The van der Waals surface area contributed by atoms with E-state index in [1.165, 1.54) is 0 Å². The zero-order valence-electron chi connectivity index (χ0n) is 30.7. The highest BCUT2D eigenvalue weighted by atomic mass is 16.7. The first kappa shape index (κ1) is 34.4. The number of aromatic nitrogens is 4. The van der Waals surface area contributed by atoms with E-state index in [9.17, 15) is 10.2 Å². The first-order valence-corrected chi connectivity index (χ1v) is 18.5. The van der Waals surface area contributed by atoms with E-state index < -0.39 is 18.0 Å². The molecule has 55 heavy (non-hydrogen) atoms. The molecule has 3 atom stereocenters. The van der Waals surface area contributed by atoms with Crippen molar-refractivity contribution >= 4 is 22.1 Å². The van der Waals surface area contributed by atoms with Crippen LogP contribution in [0.4, 0.5) is 0 Å². The smallest absolute Gasteiger partial charge is 0.259 e. The van der Waals surface area contributed by atoms with Gasteiger partial charge >= 0.3 is 0 Å². The quantitative estimate of drug-likeness (QED) is 0.136. The summed E-state index contributed by atoms with van der Waals surface area (Å²) in [4.78, 5) is 17.9. The van der Waals surface area contributed by atoms with Crippen LogP contribution in [-0.2, 0) is 10.5 Å². The summed E-state index contributed by atoms with van der Waals surface area (Å²) in [7, 11) is 1.67.